The minimum absolute atomic E-state index is 0.144. The second kappa shape index (κ2) is 5.46. The van der Waals surface area contributed by atoms with Gasteiger partial charge in [0.25, 0.3) is 0 Å². The Morgan fingerprint density at radius 2 is 1.86 bits per heavy atom. The molecule has 2 aliphatic heterocycles. The molecule has 6 nitrogen and oxygen atoms in total. The van der Waals surface area contributed by atoms with Crippen LogP contribution < -0.4 is 0 Å². The monoisotopic (exact) mass is 315 g/mol. The Labute approximate surface area is 138 Å². The van der Waals surface area contributed by atoms with Crippen molar-refractivity contribution in [1.29, 1.82) is 0 Å². The van der Waals surface area contributed by atoms with E-state index in [0.717, 1.165) is 6.20 Å². The van der Waals surface area contributed by atoms with Gasteiger partial charge in [0.1, 0.15) is 17.8 Å². The summed E-state index contributed by atoms with van der Waals surface area (Å²) in [5.74, 6) is 0. The van der Waals surface area contributed by atoms with Gasteiger partial charge < -0.3 is 18.8 Å². The first-order chi connectivity index (χ1) is 11.4. The van der Waals surface area contributed by atoms with Crippen LogP contribution in [0.5, 0.6) is 0 Å². The van der Waals surface area contributed by atoms with Gasteiger partial charge in [0.2, 0.25) is 0 Å². The van der Waals surface area contributed by atoms with E-state index in [2.05, 4.69) is 0 Å². The zero-order valence-electron chi connectivity index (χ0n) is 18.1. The highest BCUT2D eigenvalue weighted by Gasteiger charge is 2.54. The Kier molecular flexibility index (Phi) is 3.04. The van der Waals surface area contributed by atoms with Crippen LogP contribution in [0.3, 0.4) is 0 Å². The molecule has 0 spiro atoms. The van der Waals surface area contributed by atoms with Gasteiger partial charge in [0.05, 0.1) is 23.2 Å². The number of hydrogen-bond donors (Lipinski definition) is 0. The maximum absolute atomic E-state index is 12.4. The lowest BCUT2D eigenvalue weighted by atomic mass is 9.86. The summed E-state index contributed by atoms with van der Waals surface area (Å²) in [5, 5.41) is 0. The van der Waals surface area contributed by atoms with E-state index in [1.54, 1.807) is 20.8 Å². The SMILES string of the molecule is [2H]C1([2H])OC(B2OC(C)(C)C(C)(C)O2)=CN(C(=O)OC(C)(C)C)C1([2H])[2H]. The lowest BCUT2D eigenvalue weighted by Gasteiger charge is -2.32. The Bertz CT molecular complexity index is 614. The van der Waals surface area contributed by atoms with E-state index in [1.807, 2.05) is 27.7 Å². The lowest BCUT2D eigenvalue weighted by Crippen LogP contribution is -2.41. The highest BCUT2D eigenvalue weighted by Crippen LogP contribution is 2.39. The standard InChI is InChI=1S/C15H26BNO5/c1-13(2,3)20-12(18)17-8-9-19-11(10-17)16-21-14(4,5)15(6,7)22-16/h10H,8-9H2,1-7H3/i8D2,9D2. The van der Waals surface area contributed by atoms with Gasteiger partial charge in [-0.2, -0.15) is 0 Å². The Hall–Kier alpha value is -1.21. The summed E-state index contributed by atoms with van der Waals surface area (Å²) in [6.07, 6.45) is 0.000988. The fraction of sp³-hybridized carbons (Fsp3) is 0.800. The molecule has 22 heavy (non-hydrogen) atoms. The molecule has 7 heteroatoms. The molecule has 1 amide bonds. The van der Waals surface area contributed by atoms with Crippen LogP contribution in [0.25, 0.3) is 0 Å². The first kappa shape index (κ1) is 12.2. The molecule has 0 radical (unpaired) electrons. The molecule has 0 aromatic rings. The van der Waals surface area contributed by atoms with Crippen LogP contribution in [-0.4, -0.2) is 48.0 Å². The van der Waals surface area contributed by atoms with E-state index >= 15 is 0 Å². The molecule has 0 unspecified atom stereocenters. The summed E-state index contributed by atoms with van der Waals surface area (Å²) in [6, 6.07) is 0. The van der Waals surface area contributed by atoms with Crippen molar-refractivity contribution in [2.24, 2.45) is 0 Å². The summed E-state index contributed by atoms with van der Waals surface area (Å²) in [5.41, 5.74) is -2.44. The molecule has 124 valence electrons. The van der Waals surface area contributed by atoms with Gasteiger partial charge >= 0.3 is 13.2 Å². The summed E-state index contributed by atoms with van der Waals surface area (Å²) < 4.78 is 53.9. The van der Waals surface area contributed by atoms with Gasteiger partial charge in [-0.05, 0) is 48.5 Å². The van der Waals surface area contributed by atoms with E-state index < -0.39 is 43.1 Å². The van der Waals surface area contributed by atoms with E-state index in [-0.39, 0.29) is 5.66 Å². The smallest absolute Gasteiger partial charge is 0.498 e. The zero-order valence-corrected chi connectivity index (χ0v) is 14.1. The molecule has 0 saturated carbocycles. The first-order valence-electron chi connectivity index (χ1n) is 9.18. The molecule has 0 aliphatic carbocycles. The third-order valence-electron chi connectivity index (χ3n) is 3.67. The fourth-order valence-corrected chi connectivity index (χ4v) is 1.79. The average Bonchev–Trinajstić information content (AvgIpc) is 2.59. The first-order valence-corrected chi connectivity index (χ1v) is 7.18. The van der Waals surface area contributed by atoms with Crippen molar-refractivity contribution in [1.82, 2.24) is 4.90 Å². The molecular weight excluding hydrogens is 285 g/mol. The molecule has 0 aromatic carbocycles. The van der Waals surface area contributed by atoms with Crippen LogP contribution in [0, 0.1) is 0 Å². The van der Waals surface area contributed by atoms with E-state index in [9.17, 15) is 4.79 Å². The summed E-state index contributed by atoms with van der Waals surface area (Å²) in [7, 11) is -1.09. The van der Waals surface area contributed by atoms with Gasteiger partial charge in [-0.3, -0.25) is 4.90 Å². The third-order valence-corrected chi connectivity index (χ3v) is 3.67. The molecule has 2 rings (SSSR count). The van der Waals surface area contributed by atoms with Crippen molar-refractivity contribution < 1.29 is 29.1 Å². The van der Waals surface area contributed by atoms with Crippen molar-refractivity contribution >= 4 is 13.2 Å². The highest BCUT2D eigenvalue weighted by atomic mass is 16.7. The van der Waals surface area contributed by atoms with Crippen molar-refractivity contribution in [3.05, 3.63) is 11.9 Å². The molecule has 2 aliphatic rings. The number of rotatable bonds is 1. The molecule has 0 N–H and O–H groups in total. The maximum Gasteiger partial charge on any atom is 0.533 e. The number of carbonyl (C=O) groups excluding carboxylic acids is 1. The third kappa shape index (κ3) is 3.58. The van der Waals surface area contributed by atoms with E-state index in [0.29, 0.717) is 4.90 Å². The topological polar surface area (TPSA) is 57.2 Å². The van der Waals surface area contributed by atoms with Crippen LogP contribution in [-0.2, 0) is 18.8 Å². The Balaban J connectivity index is 2.40. The fourth-order valence-electron chi connectivity index (χ4n) is 1.79. The van der Waals surface area contributed by atoms with Gasteiger partial charge in [-0.25, -0.2) is 4.79 Å². The van der Waals surface area contributed by atoms with E-state index in [4.69, 9.17) is 24.3 Å². The van der Waals surface area contributed by atoms with Crippen molar-refractivity contribution in [3.8, 4) is 0 Å². The summed E-state index contributed by atoms with van der Waals surface area (Å²) in [6.45, 7) is 6.54. The minimum atomic E-state index is -2.84. The molecule has 0 aromatic heterocycles. The van der Waals surface area contributed by atoms with E-state index in [1.165, 1.54) is 0 Å². The molecular formula is C15H26BNO5. The number of carbonyl (C=O) groups is 1. The number of amides is 1. The quantitative estimate of drug-likeness (QED) is 0.696. The summed E-state index contributed by atoms with van der Waals surface area (Å²) in [4.78, 5) is 13.0. The highest BCUT2D eigenvalue weighted by molar-refractivity contribution is 6.53. The molecule has 0 atom stereocenters. The maximum atomic E-state index is 12.4. The van der Waals surface area contributed by atoms with Gasteiger partial charge in [0, 0.05) is 6.20 Å². The van der Waals surface area contributed by atoms with Gasteiger partial charge in [-0.1, -0.05) is 0 Å². The van der Waals surface area contributed by atoms with Gasteiger partial charge in [0.15, 0.2) is 0 Å². The predicted octanol–water partition coefficient (Wildman–Crippen LogP) is 2.73. The minimum Gasteiger partial charge on any atom is -0.498 e. The van der Waals surface area contributed by atoms with Gasteiger partial charge in [-0.15, -0.1) is 0 Å². The molecule has 1 saturated heterocycles. The van der Waals surface area contributed by atoms with Crippen molar-refractivity contribution in [2.45, 2.75) is 65.3 Å². The molecule has 1 fully saturated rings. The van der Waals surface area contributed by atoms with Crippen LogP contribution in [0.1, 0.15) is 53.9 Å². The largest absolute Gasteiger partial charge is 0.533 e. The van der Waals surface area contributed by atoms with Crippen molar-refractivity contribution in [2.75, 3.05) is 13.1 Å². The van der Waals surface area contributed by atoms with Crippen LogP contribution in [0.2, 0.25) is 0 Å². The van der Waals surface area contributed by atoms with Crippen LogP contribution >= 0.6 is 0 Å². The average molecular weight is 315 g/mol. The molecule has 0 bridgehead atoms. The van der Waals surface area contributed by atoms with Crippen molar-refractivity contribution in [3.63, 3.8) is 0 Å². The Morgan fingerprint density at radius 3 is 2.36 bits per heavy atom. The Morgan fingerprint density at radius 1 is 1.32 bits per heavy atom. The van der Waals surface area contributed by atoms with Crippen LogP contribution in [0.15, 0.2) is 11.9 Å². The zero-order chi connectivity index (χ0) is 20.3. The normalized spacial score (nSPS) is 31.1. The number of nitrogens with zero attached hydrogens (tertiary/aromatic N) is 1. The summed E-state index contributed by atoms with van der Waals surface area (Å²) >= 11 is 0. The number of ether oxygens (including phenoxy) is 2. The second-order valence-corrected chi connectivity index (χ2v) is 7.29. The predicted molar refractivity (Wildman–Crippen MR) is 83.1 cm³/mol. The van der Waals surface area contributed by atoms with Crippen LogP contribution in [0.4, 0.5) is 4.79 Å². The number of hydrogen-bond acceptors (Lipinski definition) is 5. The second-order valence-electron chi connectivity index (χ2n) is 7.29. The molecule has 2 heterocycles. The lowest BCUT2D eigenvalue weighted by molar-refractivity contribution is 0.00578.